The average molecular weight is 1850 g/mol. The molecular weight excluding hydrogens is 1720 g/mol. The number of nitrogens with zero attached hydrogens (tertiary/aromatic N) is 1. The molecule has 0 fully saturated rings. The standard InChI is InChI=1S/C25H25NO4.C24H23NO5.C14H12O3.C14H14O2.C11H11NO2.C9H10O2.C6H6O.5C2H6.CH4/c1-19(27)24(16-20-8-4-2-5-9-20)26-25(28)30-18-22-14-12-21(13-15-22)17-29-23-10-6-3-7-11-23;26-23(27)22(15-18-7-3-1-4-8-18)25-24(28)30-17-20-13-11-19(12-14-20)16-29-21-9-5-2-6-10-21;15-14(16)12-8-6-11(7-9-12)10-17-13-4-2-1-3-5-13;15-10-12-6-8-13(9-7-12)11-16-14-4-2-1-3-5-14;1-9(14)11(12-8-13)7-10-5-3-2-4-6-10;1-2-7-3-5-8(6-4-7)9(10)11;7-6-4-2-1-3-5-6;5*1-2;/h2-15,24H,16-18H2,1H3,(H,26,28);1-14,22H,15-17H2,(H,25,28)(H,26,27);1-9H,10H2,(H,15,16);1-9,15H,10-11H2;2-6,11H,7H2,1H3;3-6H,2H2,1H3,(H,10,11);1-5,7H;5*1-2H3;1H4. The van der Waals surface area contributed by atoms with Crippen molar-refractivity contribution in [3.05, 3.63) is 436 Å². The first-order chi connectivity index (χ1) is 65.7. The van der Waals surface area contributed by atoms with Crippen LogP contribution in [0.3, 0.4) is 0 Å². The van der Waals surface area contributed by atoms with Crippen molar-refractivity contribution in [1.29, 1.82) is 0 Å². The Morgan fingerprint density at radius 3 is 0.794 bits per heavy atom. The van der Waals surface area contributed by atoms with Gasteiger partial charge in [-0.25, -0.2) is 28.8 Å². The lowest BCUT2D eigenvalue weighted by atomic mass is 10.0. The number of hydrogen-bond acceptors (Lipinski definition) is 17. The van der Waals surface area contributed by atoms with Gasteiger partial charge in [-0.15, -0.1) is 0 Å². The highest BCUT2D eigenvalue weighted by molar-refractivity contribution is 5.88. The van der Waals surface area contributed by atoms with Crippen molar-refractivity contribution in [2.75, 3.05) is 0 Å². The topological polar surface area (TPSA) is 330 Å². The first-order valence-corrected chi connectivity index (χ1v) is 44.9. The molecule has 0 aliphatic carbocycles. The van der Waals surface area contributed by atoms with Crippen LogP contribution in [0.5, 0.6) is 28.7 Å². The normalized spacial score (nSPS) is 10.0. The minimum atomic E-state index is -1.11. The van der Waals surface area contributed by atoms with E-state index in [1.54, 1.807) is 60.7 Å². The smallest absolute Gasteiger partial charge is 0.408 e. The first kappa shape index (κ1) is 118. The number of hydrogen-bond donors (Lipinski definition) is 7. The van der Waals surface area contributed by atoms with Crippen molar-refractivity contribution in [3.8, 4) is 28.7 Å². The fourth-order valence-electron chi connectivity index (χ4n) is 11.0. The summed E-state index contributed by atoms with van der Waals surface area (Å²) in [5.41, 5.74) is 11.2. The van der Waals surface area contributed by atoms with Gasteiger partial charge in [0.1, 0.15) is 80.5 Å². The van der Waals surface area contributed by atoms with Crippen LogP contribution in [0.2, 0.25) is 0 Å². The predicted octanol–water partition coefficient (Wildman–Crippen LogP) is 25.2. The fourth-order valence-corrected chi connectivity index (χ4v) is 11.0. The molecule has 0 saturated carbocycles. The largest absolute Gasteiger partial charge is 0.508 e. The summed E-state index contributed by atoms with van der Waals surface area (Å²) in [6.45, 7) is 27.1. The van der Waals surface area contributed by atoms with Crippen LogP contribution in [0.25, 0.3) is 0 Å². The van der Waals surface area contributed by atoms with Crippen LogP contribution in [-0.4, -0.2) is 91.4 Å². The van der Waals surface area contributed by atoms with E-state index in [2.05, 4.69) is 15.6 Å². The van der Waals surface area contributed by atoms with E-state index in [4.69, 9.17) is 48.8 Å². The van der Waals surface area contributed by atoms with Crippen LogP contribution in [0, 0.1) is 0 Å². The number of carbonyl (C=O) groups excluding carboxylic acids is 5. The highest BCUT2D eigenvalue weighted by atomic mass is 16.6. The molecule has 0 aliphatic heterocycles. The lowest BCUT2D eigenvalue weighted by Gasteiger charge is -2.16. The number of ether oxygens (including phenoxy) is 6. The molecule has 3 unspecified atom stereocenters. The minimum absolute atomic E-state index is 0. The third kappa shape index (κ3) is 53.1. The van der Waals surface area contributed by atoms with E-state index in [1.165, 1.54) is 19.9 Å². The molecule has 2 amide bonds. The molecule has 0 bridgehead atoms. The van der Waals surface area contributed by atoms with Crippen LogP contribution < -0.4 is 29.6 Å². The molecular formula is C114H135N3O19. The van der Waals surface area contributed by atoms with Gasteiger partial charge < -0.3 is 64.6 Å². The zero-order chi connectivity index (χ0) is 99.4. The number of ketones is 2. The number of amides is 2. The van der Waals surface area contributed by atoms with Crippen molar-refractivity contribution in [1.82, 2.24) is 10.6 Å². The number of aliphatic hydroxyl groups is 1. The average Bonchev–Trinajstić information content (AvgIpc) is 0.888. The molecule has 0 spiro atoms. The molecule has 0 aliphatic rings. The summed E-state index contributed by atoms with van der Waals surface area (Å²) >= 11 is 0. The maximum atomic E-state index is 12.1. The maximum absolute atomic E-state index is 12.1. The molecule has 3 atom stereocenters. The number of carbonyl (C=O) groups is 7. The Morgan fingerprint density at radius 2 is 0.551 bits per heavy atom. The SMILES string of the molecule is C.CC.CC.CC.CC.CC.CC(=O)C(Cc1ccccc1)N=C=O.CC(=O)C(Cc1ccccc1)NC(=O)OCc1ccc(COc2ccccc2)cc1.CCc1ccc(C(=O)O)cc1.O=C(NC(Cc1ccccc1)C(=O)O)OCc1ccc(COc2ccccc2)cc1.O=C(O)c1ccc(COc2ccccc2)cc1.OCc1ccc(COc2ccccc2)cc1.Oc1ccccc1. The van der Waals surface area contributed by atoms with E-state index in [-0.39, 0.29) is 50.8 Å². The van der Waals surface area contributed by atoms with Crippen molar-refractivity contribution in [2.45, 2.75) is 187 Å². The zero-order valence-electron chi connectivity index (χ0n) is 79.5. The van der Waals surface area contributed by atoms with Gasteiger partial charge in [0.15, 0.2) is 11.6 Å². The van der Waals surface area contributed by atoms with Gasteiger partial charge in [-0.05, 0) is 173 Å². The highest BCUT2D eigenvalue weighted by Gasteiger charge is 2.22. The van der Waals surface area contributed by atoms with Gasteiger partial charge in [-0.1, -0.05) is 363 Å². The molecule has 7 N–H and O–H groups in total. The fraction of sp³-hybridized carbons (Fsp3) is 0.246. The Morgan fingerprint density at radius 1 is 0.309 bits per heavy atom. The van der Waals surface area contributed by atoms with Crippen LogP contribution >= 0.6 is 0 Å². The van der Waals surface area contributed by atoms with Gasteiger partial charge in [0.2, 0.25) is 6.08 Å². The van der Waals surface area contributed by atoms with Gasteiger partial charge in [-0.3, -0.25) is 9.59 Å². The number of carboxylic acid groups (broad SMARTS) is 3. The van der Waals surface area contributed by atoms with Gasteiger partial charge in [0.25, 0.3) is 0 Å². The Balaban J connectivity index is 0.000000810. The van der Waals surface area contributed by atoms with Crippen molar-refractivity contribution in [2.24, 2.45) is 4.99 Å². The number of aliphatic imine (C=N–C) groups is 1. The molecule has 13 aromatic rings. The van der Waals surface area contributed by atoms with E-state index < -0.39 is 48.2 Å². The monoisotopic (exact) mass is 1850 g/mol. The van der Waals surface area contributed by atoms with Gasteiger partial charge in [-0.2, -0.15) is 4.99 Å². The third-order valence-electron chi connectivity index (χ3n) is 18.0. The number of phenolic OH excluding ortho intramolecular Hbond substituents is 1. The number of nitrogens with one attached hydrogen (secondary N) is 2. The number of aliphatic hydroxyl groups excluding tert-OH is 1. The summed E-state index contributed by atoms with van der Waals surface area (Å²) in [5.74, 6) is 0.482. The minimum Gasteiger partial charge on any atom is -0.508 e. The Kier molecular flexibility index (Phi) is 65.4. The summed E-state index contributed by atoms with van der Waals surface area (Å²) in [6.07, 6.45) is 2.07. The number of para-hydroxylation sites is 5. The van der Waals surface area contributed by atoms with Crippen LogP contribution in [0.4, 0.5) is 9.59 Å². The number of isocyanates is 1. The second-order valence-corrected chi connectivity index (χ2v) is 27.6. The summed E-state index contributed by atoms with van der Waals surface area (Å²) in [4.78, 5) is 93.1. The summed E-state index contributed by atoms with van der Waals surface area (Å²) in [5, 5.41) is 49.2. The van der Waals surface area contributed by atoms with Gasteiger partial charge in [0, 0.05) is 12.8 Å². The second kappa shape index (κ2) is 75.1. The lowest BCUT2D eigenvalue weighted by Crippen LogP contribution is -2.42. The molecule has 0 saturated heterocycles. The van der Waals surface area contributed by atoms with Crippen molar-refractivity contribution in [3.63, 3.8) is 0 Å². The number of alkyl carbamates (subject to hydrolysis) is 2. The summed E-state index contributed by atoms with van der Waals surface area (Å²) < 4.78 is 33.0. The highest BCUT2D eigenvalue weighted by Crippen LogP contribution is 2.19. The number of benzene rings is 13. The lowest BCUT2D eigenvalue weighted by molar-refractivity contribution is -0.139. The molecule has 0 radical (unpaired) electrons. The van der Waals surface area contributed by atoms with Crippen LogP contribution in [0.15, 0.2) is 369 Å². The van der Waals surface area contributed by atoms with Crippen molar-refractivity contribution < 1.29 is 92.3 Å². The number of aromatic hydroxyl groups is 1. The Labute approximate surface area is 803 Å². The first-order valence-electron chi connectivity index (χ1n) is 44.9. The molecule has 136 heavy (non-hydrogen) atoms. The van der Waals surface area contributed by atoms with E-state index in [0.717, 1.165) is 90.6 Å². The molecule has 13 aromatic carbocycles. The van der Waals surface area contributed by atoms with E-state index in [0.29, 0.717) is 50.6 Å². The Hall–Kier alpha value is -15.5. The molecule has 22 nitrogen and oxygen atoms in total. The number of rotatable bonds is 32. The number of Topliss-reactive ketones (excluding diaryl/α,β-unsaturated/α-hetero) is 2. The van der Waals surface area contributed by atoms with E-state index in [1.807, 2.05) is 379 Å². The second-order valence-electron chi connectivity index (χ2n) is 27.6. The predicted molar refractivity (Wildman–Crippen MR) is 542 cm³/mol. The number of aliphatic carboxylic acids is 1. The quantitative estimate of drug-likeness (QED) is 0.0152. The molecule has 22 heteroatoms. The maximum Gasteiger partial charge on any atom is 0.408 e. The van der Waals surface area contributed by atoms with Crippen molar-refractivity contribution >= 4 is 47.7 Å². The third-order valence-corrected chi connectivity index (χ3v) is 18.0. The number of phenols is 1. The zero-order valence-corrected chi connectivity index (χ0v) is 79.5. The molecule has 0 heterocycles. The van der Waals surface area contributed by atoms with E-state index >= 15 is 0 Å². The molecule has 0 aromatic heterocycles. The van der Waals surface area contributed by atoms with Crippen LogP contribution in [0.1, 0.15) is 179 Å². The van der Waals surface area contributed by atoms with Gasteiger partial charge >= 0.3 is 30.1 Å². The Bertz CT molecular complexity index is 5160. The van der Waals surface area contributed by atoms with Gasteiger partial charge in [0.05, 0.1) is 23.8 Å². The summed E-state index contributed by atoms with van der Waals surface area (Å²) in [7, 11) is 0. The number of aromatic carboxylic acids is 2. The number of aryl methyl sites for hydroxylation is 1. The van der Waals surface area contributed by atoms with Crippen LogP contribution in [-0.2, 0) is 101 Å². The molecule has 13 rings (SSSR count). The molecule has 720 valence electrons. The van der Waals surface area contributed by atoms with E-state index in [9.17, 15) is 43.5 Å². The summed E-state index contributed by atoms with van der Waals surface area (Å²) in [6, 6.07) is 109. The number of carboxylic acids is 3.